The van der Waals surface area contributed by atoms with E-state index in [4.69, 9.17) is 28.9 Å². The van der Waals surface area contributed by atoms with Gasteiger partial charge in [-0.2, -0.15) is 0 Å². The highest BCUT2D eigenvalue weighted by Crippen LogP contribution is 2.19. The van der Waals surface area contributed by atoms with Crippen LogP contribution in [-0.2, 0) is 6.42 Å². The molecule has 13 heavy (non-hydrogen) atoms. The van der Waals surface area contributed by atoms with Gasteiger partial charge in [-0.25, -0.2) is 0 Å². The summed E-state index contributed by atoms with van der Waals surface area (Å²) < 4.78 is 0. The predicted octanol–water partition coefficient (Wildman–Crippen LogP) is 3.27. The fourth-order valence-electron chi connectivity index (χ4n) is 1.18. The molecule has 0 fully saturated rings. The van der Waals surface area contributed by atoms with Crippen molar-refractivity contribution in [3.8, 4) is 0 Å². The van der Waals surface area contributed by atoms with Crippen molar-refractivity contribution in [2.24, 2.45) is 5.73 Å². The molecule has 1 nitrogen and oxygen atoms in total. The number of nitrogens with two attached hydrogens (primary N) is 1. The zero-order chi connectivity index (χ0) is 9.84. The molecule has 3 heteroatoms. The molecule has 0 saturated heterocycles. The SMILES string of the molecule is CC[C@@H](N)Cc1cc(Cl)cc(Cl)c1. The molecular weight excluding hydrogens is 205 g/mol. The summed E-state index contributed by atoms with van der Waals surface area (Å²) in [5.41, 5.74) is 6.92. The van der Waals surface area contributed by atoms with Gasteiger partial charge >= 0.3 is 0 Å². The minimum absolute atomic E-state index is 0.189. The van der Waals surface area contributed by atoms with Crippen LogP contribution in [0.5, 0.6) is 0 Å². The minimum atomic E-state index is 0.189. The van der Waals surface area contributed by atoms with Gasteiger partial charge in [-0.15, -0.1) is 0 Å². The van der Waals surface area contributed by atoms with Crippen LogP contribution < -0.4 is 5.73 Å². The first-order valence-corrected chi connectivity index (χ1v) is 5.08. The Balaban J connectivity index is 2.77. The van der Waals surface area contributed by atoms with Gasteiger partial charge in [0.05, 0.1) is 0 Å². The Morgan fingerprint density at radius 1 is 1.23 bits per heavy atom. The molecule has 0 saturated carbocycles. The van der Waals surface area contributed by atoms with Gasteiger partial charge in [-0.1, -0.05) is 30.1 Å². The molecule has 0 aliphatic heterocycles. The lowest BCUT2D eigenvalue weighted by molar-refractivity contribution is 0.646. The second-order valence-corrected chi connectivity index (χ2v) is 4.02. The van der Waals surface area contributed by atoms with E-state index >= 15 is 0 Å². The maximum absolute atomic E-state index is 5.85. The van der Waals surface area contributed by atoms with Crippen LogP contribution in [0.25, 0.3) is 0 Å². The van der Waals surface area contributed by atoms with E-state index in [-0.39, 0.29) is 6.04 Å². The van der Waals surface area contributed by atoms with Gasteiger partial charge in [0.15, 0.2) is 0 Å². The summed E-state index contributed by atoms with van der Waals surface area (Å²) in [6.45, 7) is 2.07. The summed E-state index contributed by atoms with van der Waals surface area (Å²) in [5, 5.41) is 1.34. The maximum Gasteiger partial charge on any atom is 0.0423 e. The van der Waals surface area contributed by atoms with Gasteiger partial charge < -0.3 is 5.73 Å². The number of halogens is 2. The molecule has 1 aromatic carbocycles. The summed E-state index contributed by atoms with van der Waals surface area (Å²) >= 11 is 11.7. The van der Waals surface area contributed by atoms with Crippen LogP contribution in [0, 0.1) is 0 Å². The van der Waals surface area contributed by atoms with Crippen molar-refractivity contribution in [1.29, 1.82) is 0 Å². The highest BCUT2D eigenvalue weighted by molar-refractivity contribution is 6.34. The number of benzene rings is 1. The Kier molecular flexibility index (Phi) is 4.04. The first-order chi connectivity index (χ1) is 6.11. The van der Waals surface area contributed by atoms with Gasteiger partial charge in [0.2, 0.25) is 0 Å². The first-order valence-electron chi connectivity index (χ1n) is 4.32. The minimum Gasteiger partial charge on any atom is -0.327 e. The summed E-state index contributed by atoms with van der Waals surface area (Å²) in [5.74, 6) is 0. The third-order valence-corrected chi connectivity index (χ3v) is 2.38. The van der Waals surface area contributed by atoms with Crippen LogP contribution in [0.1, 0.15) is 18.9 Å². The average molecular weight is 218 g/mol. The molecule has 0 aliphatic rings. The van der Waals surface area contributed by atoms with Gasteiger partial charge in [0.1, 0.15) is 0 Å². The number of hydrogen-bond donors (Lipinski definition) is 1. The van der Waals surface area contributed by atoms with Crippen molar-refractivity contribution in [2.75, 3.05) is 0 Å². The second kappa shape index (κ2) is 4.85. The summed E-state index contributed by atoms with van der Waals surface area (Å²) in [6, 6.07) is 5.73. The van der Waals surface area contributed by atoms with E-state index in [1.807, 2.05) is 12.1 Å². The third-order valence-electron chi connectivity index (χ3n) is 1.94. The highest BCUT2D eigenvalue weighted by Gasteiger charge is 2.03. The van der Waals surface area contributed by atoms with Gasteiger partial charge in [-0.05, 0) is 36.6 Å². The predicted molar refractivity (Wildman–Crippen MR) is 58.4 cm³/mol. The third kappa shape index (κ3) is 3.55. The van der Waals surface area contributed by atoms with Crippen molar-refractivity contribution in [3.63, 3.8) is 0 Å². The standard InChI is InChI=1S/C10H13Cl2N/c1-2-10(13)5-7-3-8(11)6-9(12)4-7/h3-4,6,10H,2,5,13H2,1H3/t10-/m1/s1. The Labute approximate surface area is 88.8 Å². The normalized spacial score (nSPS) is 12.9. The molecule has 1 aromatic rings. The van der Waals surface area contributed by atoms with E-state index in [1.54, 1.807) is 6.07 Å². The van der Waals surface area contributed by atoms with Gasteiger partial charge in [0.25, 0.3) is 0 Å². The van der Waals surface area contributed by atoms with Gasteiger partial charge in [-0.3, -0.25) is 0 Å². The molecule has 0 spiro atoms. The first kappa shape index (κ1) is 10.8. The molecule has 0 radical (unpaired) electrons. The molecule has 0 aliphatic carbocycles. The van der Waals surface area contributed by atoms with Crippen LogP contribution in [0.2, 0.25) is 10.0 Å². The monoisotopic (exact) mass is 217 g/mol. The fourth-order valence-corrected chi connectivity index (χ4v) is 1.75. The van der Waals surface area contributed by atoms with Crippen LogP contribution >= 0.6 is 23.2 Å². The van der Waals surface area contributed by atoms with E-state index in [0.29, 0.717) is 10.0 Å². The molecule has 0 heterocycles. The summed E-state index contributed by atoms with van der Waals surface area (Å²) in [4.78, 5) is 0. The van der Waals surface area contributed by atoms with Crippen LogP contribution in [-0.4, -0.2) is 6.04 Å². The lowest BCUT2D eigenvalue weighted by Gasteiger charge is -2.08. The zero-order valence-corrected chi connectivity index (χ0v) is 9.07. The van der Waals surface area contributed by atoms with E-state index in [9.17, 15) is 0 Å². The molecule has 0 amide bonds. The highest BCUT2D eigenvalue weighted by atomic mass is 35.5. The van der Waals surface area contributed by atoms with Crippen LogP contribution in [0.3, 0.4) is 0 Å². The molecule has 0 bridgehead atoms. The molecular formula is C10H13Cl2N. The lowest BCUT2D eigenvalue weighted by atomic mass is 10.1. The maximum atomic E-state index is 5.85. The molecule has 0 unspecified atom stereocenters. The lowest BCUT2D eigenvalue weighted by Crippen LogP contribution is -2.21. The van der Waals surface area contributed by atoms with Gasteiger partial charge in [0, 0.05) is 16.1 Å². The Hall–Kier alpha value is -0.240. The van der Waals surface area contributed by atoms with E-state index < -0.39 is 0 Å². The van der Waals surface area contributed by atoms with Crippen molar-refractivity contribution in [2.45, 2.75) is 25.8 Å². The Morgan fingerprint density at radius 3 is 2.23 bits per heavy atom. The fraction of sp³-hybridized carbons (Fsp3) is 0.400. The molecule has 0 aromatic heterocycles. The van der Waals surface area contributed by atoms with Crippen LogP contribution in [0.15, 0.2) is 18.2 Å². The number of rotatable bonds is 3. The van der Waals surface area contributed by atoms with Crippen molar-refractivity contribution < 1.29 is 0 Å². The topological polar surface area (TPSA) is 26.0 Å². The molecule has 1 rings (SSSR count). The zero-order valence-electron chi connectivity index (χ0n) is 7.56. The van der Waals surface area contributed by atoms with Crippen molar-refractivity contribution >= 4 is 23.2 Å². The molecule has 2 N–H and O–H groups in total. The smallest absolute Gasteiger partial charge is 0.0423 e. The summed E-state index contributed by atoms with van der Waals surface area (Å²) in [7, 11) is 0. The quantitative estimate of drug-likeness (QED) is 0.827. The molecule has 72 valence electrons. The molecule has 1 atom stereocenters. The summed E-state index contributed by atoms with van der Waals surface area (Å²) in [6.07, 6.45) is 1.79. The van der Waals surface area contributed by atoms with Crippen molar-refractivity contribution in [1.82, 2.24) is 0 Å². The van der Waals surface area contributed by atoms with E-state index in [0.717, 1.165) is 18.4 Å². The average Bonchev–Trinajstić information content (AvgIpc) is 2.02. The van der Waals surface area contributed by atoms with E-state index in [2.05, 4.69) is 6.92 Å². The largest absolute Gasteiger partial charge is 0.327 e. The van der Waals surface area contributed by atoms with E-state index in [1.165, 1.54) is 0 Å². The Bertz CT molecular complexity index is 266. The van der Waals surface area contributed by atoms with Crippen LogP contribution in [0.4, 0.5) is 0 Å². The Morgan fingerprint density at radius 2 is 1.77 bits per heavy atom. The number of hydrogen-bond acceptors (Lipinski definition) is 1. The second-order valence-electron chi connectivity index (χ2n) is 3.15. The van der Waals surface area contributed by atoms with Crippen molar-refractivity contribution in [3.05, 3.63) is 33.8 Å².